The van der Waals surface area contributed by atoms with Crippen molar-refractivity contribution in [1.82, 2.24) is 9.78 Å². The standard InChI is InChI=1S/C12H19ClN2O2/c1-9(2)4-5-11(16)12-10(13)8-14-15(12)6-7-17-3/h8-9H,4-7H2,1-3H3. The lowest BCUT2D eigenvalue weighted by atomic mass is 10.0. The minimum absolute atomic E-state index is 0.0531. The average molecular weight is 259 g/mol. The van der Waals surface area contributed by atoms with E-state index in [-0.39, 0.29) is 5.78 Å². The largest absolute Gasteiger partial charge is 0.383 e. The molecule has 0 atom stereocenters. The third-order valence-electron chi connectivity index (χ3n) is 2.51. The van der Waals surface area contributed by atoms with Crippen molar-refractivity contribution >= 4 is 17.4 Å². The quantitative estimate of drug-likeness (QED) is 0.707. The number of ketones is 1. The minimum Gasteiger partial charge on any atom is -0.383 e. The normalized spacial score (nSPS) is 11.1. The Morgan fingerprint density at radius 1 is 1.59 bits per heavy atom. The number of rotatable bonds is 7. The molecule has 0 N–H and O–H groups in total. The third-order valence-corrected chi connectivity index (χ3v) is 2.79. The van der Waals surface area contributed by atoms with Crippen molar-refractivity contribution in [2.45, 2.75) is 33.2 Å². The maximum absolute atomic E-state index is 12.0. The molecular formula is C12H19ClN2O2. The fraction of sp³-hybridized carbons (Fsp3) is 0.667. The van der Waals surface area contributed by atoms with Crippen LogP contribution >= 0.6 is 11.6 Å². The fourth-order valence-corrected chi connectivity index (χ4v) is 1.77. The zero-order valence-electron chi connectivity index (χ0n) is 10.6. The Labute approximate surface area is 107 Å². The van der Waals surface area contributed by atoms with E-state index in [1.165, 1.54) is 6.20 Å². The van der Waals surface area contributed by atoms with Gasteiger partial charge in [0.2, 0.25) is 0 Å². The van der Waals surface area contributed by atoms with Gasteiger partial charge in [0.05, 0.1) is 24.4 Å². The third kappa shape index (κ3) is 4.13. The summed E-state index contributed by atoms with van der Waals surface area (Å²) in [5.74, 6) is 0.561. The van der Waals surface area contributed by atoms with Gasteiger partial charge in [0.15, 0.2) is 5.78 Å². The van der Waals surface area contributed by atoms with Gasteiger partial charge in [-0.15, -0.1) is 0 Å². The van der Waals surface area contributed by atoms with Crippen molar-refractivity contribution in [3.63, 3.8) is 0 Å². The number of ether oxygens (including phenoxy) is 1. The highest BCUT2D eigenvalue weighted by atomic mass is 35.5. The van der Waals surface area contributed by atoms with Gasteiger partial charge in [-0.2, -0.15) is 5.10 Å². The molecule has 17 heavy (non-hydrogen) atoms. The summed E-state index contributed by atoms with van der Waals surface area (Å²) in [6.07, 6.45) is 2.89. The van der Waals surface area contributed by atoms with E-state index in [0.717, 1.165) is 6.42 Å². The number of methoxy groups -OCH3 is 1. The zero-order chi connectivity index (χ0) is 12.8. The summed E-state index contributed by atoms with van der Waals surface area (Å²) in [6.45, 7) is 5.25. The van der Waals surface area contributed by atoms with Crippen LogP contribution in [-0.4, -0.2) is 29.3 Å². The van der Waals surface area contributed by atoms with Gasteiger partial charge in [-0.05, 0) is 12.3 Å². The summed E-state index contributed by atoms with van der Waals surface area (Å²) in [4.78, 5) is 12.0. The predicted molar refractivity (Wildman–Crippen MR) is 67.5 cm³/mol. The second-order valence-corrected chi connectivity index (χ2v) is 4.82. The molecule has 0 saturated heterocycles. The molecule has 1 heterocycles. The highest BCUT2D eigenvalue weighted by molar-refractivity contribution is 6.33. The molecule has 4 nitrogen and oxygen atoms in total. The van der Waals surface area contributed by atoms with Gasteiger partial charge in [0.25, 0.3) is 0 Å². The first-order chi connectivity index (χ1) is 8.06. The molecule has 0 unspecified atom stereocenters. The van der Waals surface area contributed by atoms with Crippen LogP contribution in [0.3, 0.4) is 0 Å². The van der Waals surface area contributed by atoms with Gasteiger partial charge in [-0.1, -0.05) is 25.4 Å². The topological polar surface area (TPSA) is 44.1 Å². The molecule has 0 spiro atoms. The van der Waals surface area contributed by atoms with Crippen molar-refractivity contribution < 1.29 is 9.53 Å². The Hall–Kier alpha value is -0.870. The second-order valence-electron chi connectivity index (χ2n) is 4.41. The van der Waals surface area contributed by atoms with Crippen LogP contribution in [0.4, 0.5) is 0 Å². The second kappa shape index (κ2) is 6.77. The molecule has 0 aromatic carbocycles. The molecule has 5 heteroatoms. The van der Waals surface area contributed by atoms with Crippen molar-refractivity contribution in [1.29, 1.82) is 0 Å². The van der Waals surface area contributed by atoms with E-state index in [9.17, 15) is 4.79 Å². The summed E-state index contributed by atoms with van der Waals surface area (Å²) < 4.78 is 6.59. The summed E-state index contributed by atoms with van der Waals surface area (Å²) in [5.41, 5.74) is 0.504. The molecule has 0 amide bonds. The number of nitrogens with zero attached hydrogens (tertiary/aromatic N) is 2. The molecule has 1 aromatic heterocycles. The molecule has 1 rings (SSSR count). The van der Waals surface area contributed by atoms with Gasteiger partial charge in [-0.3, -0.25) is 9.48 Å². The molecule has 0 aliphatic rings. The summed E-state index contributed by atoms with van der Waals surface area (Å²) >= 11 is 5.99. The van der Waals surface area contributed by atoms with Crippen molar-refractivity contribution in [3.8, 4) is 0 Å². The Kier molecular flexibility index (Phi) is 5.65. The molecule has 1 aromatic rings. The van der Waals surface area contributed by atoms with Crippen LogP contribution in [0.2, 0.25) is 5.02 Å². The summed E-state index contributed by atoms with van der Waals surface area (Å²) in [6, 6.07) is 0. The van der Waals surface area contributed by atoms with Gasteiger partial charge in [0, 0.05) is 13.5 Å². The SMILES string of the molecule is COCCn1ncc(Cl)c1C(=O)CCC(C)C. The van der Waals surface area contributed by atoms with E-state index in [1.54, 1.807) is 11.8 Å². The Morgan fingerprint density at radius 2 is 2.29 bits per heavy atom. The van der Waals surface area contributed by atoms with E-state index in [2.05, 4.69) is 18.9 Å². The highest BCUT2D eigenvalue weighted by Crippen LogP contribution is 2.18. The van der Waals surface area contributed by atoms with Crippen LogP contribution < -0.4 is 0 Å². The molecule has 0 radical (unpaired) electrons. The van der Waals surface area contributed by atoms with Gasteiger partial charge in [-0.25, -0.2) is 0 Å². The first-order valence-electron chi connectivity index (χ1n) is 5.79. The van der Waals surface area contributed by atoms with Crippen molar-refractivity contribution in [3.05, 3.63) is 16.9 Å². The van der Waals surface area contributed by atoms with E-state index in [4.69, 9.17) is 16.3 Å². The maximum atomic E-state index is 12.0. The van der Waals surface area contributed by atoms with Crippen LogP contribution in [0, 0.1) is 5.92 Å². The number of carbonyl (C=O) groups excluding carboxylic acids is 1. The van der Waals surface area contributed by atoms with Crippen LogP contribution in [-0.2, 0) is 11.3 Å². The van der Waals surface area contributed by atoms with Crippen LogP contribution in [0.25, 0.3) is 0 Å². The molecule has 0 fully saturated rings. The molecule has 0 aliphatic heterocycles. The minimum atomic E-state index is 0.0531. The monoisotopic (exact) mass is 258 g/mol. The van der Waals surface area contributed by atoms with E-state index >= 15 is 0 Å². The maximum Gasteiger partial charge on any atom is 0.182 e. The summed E-state index contributed by atoms with van der Waals surface area (Å²) in [5, 5.41) is 4.51. The zero-order valence-corrected chi connectivity index (χ0v) is 11.3. The fourth-order valence-electron chi connectivity index (χ4n) is 1.53. The van der Waals surface area contributed by atoms with Gasteiger partial charge in [0.1, 0.15) is 5.69 Å². The van der Waals surface area contributed by atoms with Gasteiger partial charge < -0.3 is 4.74 Å². The number of hydrogen-bond donors (Lipinski definition) is 0. The first kappa shape index (κ1) is 14.2. The van der Waals surface area contributed by atoms with Crippen LogP contribution in [0.1, 0.15) is 37.2 Å². The number of hydrogen-bond acceptors (Lipinski definition) is 3. The molecule has 0 saturated carbocycles. The highest BCUT2D eigenvalue weighted by Gasteiger charge is 2.17. The molecule has 0 aliphatic carbocycles. The first-order valence-corrected chi connectivity index (χ1v) is 6.17. The Bertz CT molecular complexity index is 375. The average Bonchev–Trinajstić information content (AvgIpc) is 2.64. The lowest BCUT2D eigenvalue weighted by molar-refractivity contribution is 0.0961. The van der Waals surface area contributed by atoms with Crippen LogP contribution in [0.15, 0.2) is 6.20 Å². The number of Topliss-reactive ketones (excluding diaryl/α,β-unsaturated/α-hetero) is 1. The summed E-state index contributed by atoms with van der Waals surface area (Å²) in [7, 11) is 1.62. The smallest absolute Gasteiger partial charge is 0.182 e. The van der Waals surface area contributed by atoms with E-state index in [1.807, 2.05) is 0 Å². The predicted octanol–water partition coefficient (Wildman–Crippen LogP) is 2.80. The molecule has 0 bridgehead atoms. The molecular weight excluding hydrogens is 240 g/mol. The Balaban J connectivity index is 2.73. The van der Waals surface area contributed by atoms with Crippen molar-refractivity contribution in [2.75, 3.05) is 13.7 Å². The molecule has 96 valence electrons. The lowest BCUT2D eigenvalue weighted by Crippen LogP contribution is -2.14. The lowest BCUT2D eigenvalue weighted by Gasteiger charge is -2.07. The van der Waals surface area contributed by atoms with E-state index < -0.39 is 0 Å². The van der Waals surface area contributed by atoms with Crippen LogP contribution in [0.5, 0.6) is 0 Å². The number of halogens is 1. The van der Waals surface area contributed by atoms with Crippen molar-refractivity contribution in [2.24, 2.45) is 5.92 Å². The Morgan fingerprint density at radius 3 is 2.88 bits per heavy atom. The number of aromatic nitrogens is 2. The van der Waals surface area contributed by atoms with E-state index in [0.29, 0.717) is 36.2 Å². The number of carbonyl (C=O) groups is 1. The van der Waals surface area contributed by atoms with Gasteiger partial charge >= 0.3 is 0 Å².